The van der Waals surface area contributed by atoms with Gasteiger partial charge in [0, 0.05) is 24.9 Å². The monoisotopic (exact) mass is 454 g/mol. The van der Waals surface area contributed by atoms with Crippen LogP contribution in [0.25, 0.3) is 0 Å². The molecule has 0 saturated carbocycles. The van der Waals surface area contributed by atoms with Gasteiger partial charge in [0.05, 0.1) is 5.92 Å². The number of hydrogen-bond acceptors (Lipinski definition) is 3. The summed E-state index contributed by atoms with van der Waals surface area (Å²) in [6.07, 6.45) is 7.74. The maximum atomic E-state index is 13.6. The Bertz CT molecular complexity index is 753. The molecule has 1 aromatic rings. The summed E-state index contributed by atoms with van der Waals surface area (Å²) in [5.74, 6) is -0.0907. The number of hydrogen-bond donors (Lipinski definition) is 2. The molecule has 0 aromatic heterocycles. The number of carbonyl (C=O) groups excluding carboxylic acids is 2. The largest absolute Gasteiger partial charge is 0.452 e. The standard InChI is InChI=1S/C27H43BN2O3/c1-5-6-12-21(4)26(20(2)3)27(32)30-18-11-10-15-23(30)16-17-25(31)29-24(28-33)19-22-13-8-7-9-14-22/h7-9,13-14,20,23-24,26,28,33H,4-6,10-12,15-19H2,1-3H3,(H,29,31). The van der Waals surface area contributed by atoms with Crippen LogP contribution in [0.5, 0.6) is 0 Å². The third-order valence-electron chi connectivity index (χ3n) is 6.75. The molecule has 0 radical (unpaired) electrons. The molecule has 0 bridgehead atoms. The Hall–Kier alpha value is -2.08. The molecule has 182 valence electrons. The van der Waals surface area contributed by atoms with Gasteiger partial charge >= 0.3 is 0 Å². The van der Waals surface area contributed by atoms with Gasteiger partial charge in [-0.1, -0.05) is 69.7 Å². The summed E-state index contributed by atoms with van der Waals surface area (Å²) in [7, 11) is -0.0926. The zero-order valence-electron chi connectivity index (χ0n) is 20.9. The fraction of sp³-hybridized carbons (Fsp3) is 0.630. The number of nitrogens with one attached hydrogen (secondary N) is 1. The number of likely N-dealkylation sites (tertiary alicyclic amines) is 1. The number of amides is 2. The topological polar surface area (TPSA) is 69.6 Å². The third kappa shape index (κ3) is 8.65. The maximum absolute atomic E-state index is 13.6. The summed E-state index contributed by atoms with van der Waals surface area (Å²) in [6, 6.07) is 9.97. The van der Waals surface area contributed by atoms with E-state index in [2.05, 4.69) is 32.7 Å². The van der Waals surface area contributed by atoms with Gasteiger partial charge in [-0.2, -0.15) is 0 Å². The van der Waals surface area contributed by atoms with Crippen molar-refractivity contribution in [3.63, 3.8) is 0 Å². The van der Waals surface area contributed by atoms with E-state index in [4.69, 9.17) is 0 Å². The van der Waals surface area contributed by atoms with E-state index in [1.165, 1.54) is 0 Å². The first-order valence-corrected chi connectivity index (χ1v) is 12.8. The fourth-order valence-electron chi connectivity index (χ4n) is 4.92. The zero-order chi connectivity index (χ0) is 24.2. The van der Waals surface area contributed by atoms with Gasteiger partial charge in [0.1, 0.15) is 0 Å². The first kappa shape index (κ1) is 27.2. The van der Waals surface area contributed by atoms with Gasteiger partial charge in [-0.25, -0.2) is 0 Å². The minimum Gasteiger partial charge on any atom is -0.452 e. The van der Waals surface area contributed by atoms with E-state index in [0.717, 1.165) is 56.2 Å². The first-order valence-electron chi connectivity index (χ1n) is 12.8. The van der Waals surface area contributed by atoms with E-state index >= 15 is 0 Å². The van der Waals surface area contributed by atoms with Crippen molar-refractivity contribution in [2.24, 2.45) is 11.8 Å². The smallest absolute Gasteiger partial charge is 0.293 e. The van der Waals surface area contributed by atoms with E-state index in [1.54, 1.807) is 0 Å². The number of nitrogens with zero attached hydrogens (tertiary/aromatic N) is 1. The van der Waals surface area contributed by atoms with Gasteiger partial charge in [0.15, 0.2) is 0 Å². The number of benzene rings is 1. The number of unbranched alkanes of at least 4 members (excludes halogenated alkanes) is 1. The van der Waals surface area contributed by atoms with Crippen LogP contribution in [0.15, 0.2) is 42.5 Å². The summed E-state index contributed by atoms with van der Waals surface area (Å²) in [4.78, 5) is 28.2. The van der Waals surface area contributed by atoms with E-state index in [1.807, 2.05) is 35.2 Å². The van der Waals surface area contributed by atoms with Gasteiger partial charge in [-0.05, 0) is 56.4 Å². The Labute approximate surface area is 201 Å². The zero-order valence-corrected chi connectivity index (χ0v) is 20.9. The molecule has 2 N–H and O–H groups in total. The van der Waals surface area contributed by atoms with E-state index in [9.17, 15) is 14.6 Å². The molecule has 2 amide bonds. The third-order valence-corrected chi connectivity index (χ3v) is 6.75. The van der Waals surface area contributed by atoms with Crippen molar-refractivity contribution in [2.75, 3.05) is 6.54 Å². The summed E-state index contributed by atoms with van der Waals surface area (Å²) >= 11 is 0. The van der Waals surface area contributed by atoms with Gasteiger partial charge in [-0.3, -0.25) is 9.59 Å². The van der Waals surface area contributed by atoms with E-state index in [-0.39, 0.29) is 43.1 Å². The predicted octanol–water partition coefficient (Wildman–Crippen LogP) is 4.20. The van der Waals surface area contributed by atoms with Crippen LogP contribution in [0.2, 0.25) is 0 Å². The second-order valence-corrected chi connectivity index (χ2v) is 9.84. The van der Waals surface area contributed by atoms with Crippen LogP contribution in [0.1, 0.15) is 77.7 Å². The minimum atomic E-state index is -0.295. The second-order valence-electron chi connectivity index (χ2n) is 9.84. The average molecular weight is 454 g/mol. The Morgan fingerprint density at radius 2 is 1.94 bits per heavy atom. The van der Waals surface area contributed by atoms with Crippen molar-refractivity contribution >= 4 is 19.3 Å². The van der Waals surface area contributed by atoms with Crippen molar-refractivity contribution in [1.29, 1.82) is 0 Å². The SMILES string of the molecule is C=C(CCCC)C(C(=O)N1CCCCC1CCC(=O)NC(BO)Cc1ccccc1)C(C)C. The normalized spacial score (nSPS) is 18.0. The highest BCUT2D eigenvalue weighted by molar-refractivity contribution is 6.28. The minimum absolute atomic E-state index is 0.0595. The highest BCUT2D eigenvalue weighted by atomic mass is 16.2. The molecule has 1 saturated heterocycles. The highest BCUT2D eigenvalue weighted by Crippen LogP contribution is 2.30. The molecular formula is C27H43BN2O3. The summed E-state index contributed by atoms with van der Waals surface area (Å²) in [6.45, 7) is 11.4. The number of piperidine rings is 1. The fourth-order valence-corrected chi connectivity index (χ4v) is 4.92. The lowest BCUT2D eigenvalue weighted by Gasteiger charge is -2.39. The molecule has 1 fully saturated rings. The van der Waals surface area contributed by atoms with Crippen LogP contribution in [0.4, 0.5) is 0 Å². The van der Waals surface area contributed by atoms with Crippen LogP contribution < -0.4 is 5.32 Å². The lowest BCUT2D eigenvalue weighted by molar-refractivity contribution is -0.140. The van der Waals surface area contributed by atoms with Crippen LogP contribution in [0, 0.1) is 11.8 Å². The van der Waals surface area contributed by atoms with Crippen molar-refractivity contribution in [3.05, 3.63) is 48.0 Å². The van der Waals surface area contributed by atoms with E-state index < -0.39 is 0 Å². The maximum Gasteiger partial charge on any atom is 0.293 e. The van der Waals surface area contributed by atoms with Gasteiger partial charge in [0.2, 0.25) is 11.8 Å². The first-order chi connectivity index (χ1) is 15.9. The van der Waals surface area contributed by atoms with E-state index in [0.29, 0.717) is 19.3 Å². The molecule has 2 rings (SSSR count). The van der Waals surface area contributed by atoms with Crippen molar-refractivity contribution in [3.8, 4) is 0 Å². The van der Waals surface area contributed by atoms with Gasteiger partial charge < -0.3 is 15.2 Å². The second kappa shape index (κ2) is 14.2. The Kier molecular flexibility index (Phi) is 11.7. The van der Waals surface area contributed by atoms with Gasteiger partial charge in [-0.15, -0.1) is 0 Å². The number of carbonyl (C=O) groups is 2. The molecule has 1 aliphatic heterocycles. The Morgan fingerprint density at radius 3 is 2.58 bits per heavy atom. The quantitative estimate of drug-likeness (QED) is 0.347. The molecule has 1 heterocycles. The average Bonchev–Trinajstić information content (AvgIpc) is 2.81. The van der Waals surface area contributed by atoms with Crippen molar-refractivity contribution in [1.82, 2.24) is 10.2 Å². The Morgan fingerprint density at radius 1 is 1.21 bits per heavy atom. The van der Waals surface area contributed by atoms with Crippen LogP contribution in [-0.4, -0.2) is 47.7 Å². The molecular weight excluding hydrogens is 411 g/mol. The van der Waals surface area contributed by atoms with Crippen molar-refractivity contribution < 1.29 is 14.6 Å². The molecule has 0 spiro atoms. The molecule has 33 heavy (non-hydrogen) atoms. The molecule has 6 heteroatoms. The molecule has 0 aliphatic carbocycles. The summed E-state index contributed by atoms with van der Waals surface area (Å²) in [5, 5.41) is 12.7. The van der Waals surface area contributed by atoms with Crippen molar-refractivity contribution in [2.45, 2.75) is 90.5 Å². The molecule has 1 aromatic carbocycles. The molecule has 3 atom stereocenters. The lowest BCUT2D eigenvalue weighted by atomic mass is 9.83. The molecule has 5 nitrogen and oxygen atoms in total. The highest BCUT2D eigenvalue weighted by Gasteiger charge is 2.34. The summed E-state index contributed by atoms with van der Waals surface area (Å²) in [5.41, 5.74) is 2.13. The number of rotatable bonds is 13. The predicted molar refractivity (Wildman–Crippen MR) is 137 cm³/mol. The molecule has 1 aliphatic rings. The van der Waals surface area contributed by atoms with Crippen LogP contribution >= 0.6 is 0 Å². The van der Waals surface area contributed by atoms with Gasteiger partial charge in [0.25, 0.3) is 7.48 Å². The lowest BCUT2D eigenvalue weighted by Crippen LogP contribution is -2.48. The summed E-state index contributed by atoms with van der Waals surface area (Å²) < 4.78 is 0. The van der Waals surface area contributed by atoms with Crippen LogP contribution in [-0.2, 0) is 16.0 Å². The molecule has 3 unspecified atom stereocenters. The van der Waals surface area contributed by atoms with Crippen LogP contribution in [0.3, 0.4) is 0 Å². The Balaban J connectivity index is 1.95.